The predicted octanol–water partition coefficient (Wildman–Crippen LogP) is 4.39. The summed E-state index contributed by atoms with van der Waals surface area (Å²) in [6.07, 6.45) is -5.04. The lowest BCUT2D eigenvalue weighted by Crippen LogP contribution is -2.44. The Morgan fingerprint density at radius 1 is 1.09 bits per heavy atom. The summed E-state index contributed by atoms with van der Waals surface area (Å²) in [5, 5.41) is 0. The fourth-order valence-corrected chi connectivity index (χ4v) is 3.92. The smallest absolute Gasteiger partial charge is 0.416 e. The molecule has 2 atom stereocenters. The Labute approximate surface area is 192 Å². The molecule has 176 valence electrons. The van der Waals surface area contributed by atoms with E-state index in [9.17, 15) is 18.0 Å². The second kappa shape index (κ2) is 10.6. The summed E-state index contributed by atoms with van der Waals surface area (Å²) in [4.78, 5) is 16.9. The zero-order valence-electron chi connectivity index (χ0n) is 18.5. The molecule has 32 heavy (non-hydrogen) atoms. The lowest BCUT2D eigenvalue weighted by Gasteiger charge is -2.28. The first kappa shape index (κ1) is 26.0. The first-order valence-electron chi connectivity index (χ1n) is 9.98. The number of hydrogen-bond donors (Lipinski definition) is 0. The molecule has 0 radical (unpaired) electrons. The maximum absolute atomic E-state index is 13.5. The molecule has 0 fully saturated rings. The Morgan fingerprint density at radius 2 is 1.75 bits per heavy atom. The van der Waals surface area contributed by atoms with Gasteiger partial charge >= 0.3 is 6.18 Å². The van der Waals surface area contributed by atoms with Gasteiger partial charge in [0, 0.05) is 31.8 Å². The number of amides is 1. The van der Waals surface area contributed by atoms with Gasteiger partial charge in [-0.15, -0.1) is 12.4 Å². The predicted molar refractivity (Wildman–Crippen MR) is 120 cm³/mol. The van der Waals surface area contributed by atoms with Crippen LogP contribution in [0.1, 0.15) is 22.6 Å². The molecule has 0 spiro atoms. The van der Waals surface area contributed by atoms with Gasteiger partial charge < -0.3 is 19.3 Å². The van der Waals surface area contributed by atoms with Gasteiger partial charge in [-0.25, -0.2) is 0 Å². The van der Waals surface area contributed by atoms with Gasteiger partial charge in [0.2, 0.25) is 0 Å². The highest BCUT2D eigenvalue weighted by Crippen LogP contribution is 2.39. The number of hydrogen-bond acceptors (Lipinski definition) is 4. The van der Waals surface area contributed by atoms with Crippen LogP contribution in [-0.2, 0) is 22.1 Å². The van der Waals surface area contributed by atoms with Crippen molar-refractivity contribution in [3.8, 4) is 5.75 Å². The van der Waals surface area contributed by atoms with Crippen LogP contribution in [0.3, 0.4) is 0 Å². The van der Waals surface area contributed by atoms with Crippen molar-refractivity contribution in [1.82, 2.24) is 4.90 Å². The molecule has 0 saturated heterocycles. The molecule has 1 amide bonds. The highest BCUT2D eigenvalue weighted by atomic mass is 35.5. The topological polar surface area (TPSA) is 42.0 Å². The van der Waals surface area contributed by atoms with Crippen LogP contribution < -0.4 is 9.64 Å². The lowest BCUT2D eigenvalue weighted by atomic mass is 9.87. The molecule has 2 aromatic rings. The molecular weight excluding hydrogens is 445 g/mol. The molecule has 1 heterocycles. The van der Waals surface area contributed by atoms with Crippen LogP contribution in [0.15, 0.2) is 42.5 Å². The van der Waals surface area contributed by atoms with Crippen molar-refractivity contribution in [3.05, 3.63) is 59.2 Å². The number of carbonyl (C=O) groups is 1. The van der Waals surface area contributed by atoms with Crippen LogP contribution in [0, 0.1) is 0 Å². The largest absolute Gasteiger partial charge is 0.497 e. The van der Waals surface area contributed by atoms with Crippen molar-refractivity contribution < 1.29 is 27.4 Å². The molecule has 1 aliphatic rings. The highest BCUT2D eigenvalue weighted by molar-refractivity contribution is 5.99. The number of alkyl halides is 3. The zero-order chi connectivity index (χ0) is 22.8. The number of ether oxygens (including phenoxy) is 2. The number of nitrogens with zero attached hydrogens (tertiary/aromatic N) is 2. The van der Waals surface area contributed by atoms with Gasteiger partial charge in [0.1, 0.15) is 11.9 Å². The average Bonchev–Trinajstić information content (AvgIpc) is 2.84. The van der Waals surface area contributed by atoms with Crippen LogP contribution in [0.25, 0.3) is 0 Å². The lowest BCUT2D eigenvalue weighted by molar-refractivity contribution is -0.137. The van der Waals surface area contributed by atoms with Crippen LogP contribution >= 0.6 is 12.4 Å². The van der Waals surface area contributed by atoms with Gasteiger partial charge in [0.25, 0.3) is 5.91 Å². The van der Waals surface area contributed by atoms with E-state index < -0.39 is 23.8 Å². The molecule has 9 heteroatoms. The third kappa shape index (κ3) is 5.54. The van der Waals surface area contributed by atoms with Crippen molar-refractivity contribution in [3.63, 3.8) is 0 Å². The van der Waals surface area contributed by atoms with E-state index >= 15 is 0 Å². The fourth-order valence-electron chi connectivity index (χ4n) is 3.92. The summed E-state index contributed by atoms with van der Waals surface area (Å²) in [6, 6.07) is 10.8. The Hall–Kier alpha value is -2.29. The SMILES string of the molecule is COc1ccc([C@H]2Cc3cc(C(F)(F)F)ccc3N(CCN(C)C)C(=O)[C@H]2OC)cc1.Cl. The summed E-state index contributed by atoms with van der Waals surface area (Å²) < 4.78 is 51.0. The molecule has 5 nitrogen and oxygen atoms in total. The van der Waals surface area contributed by atoms with E-state index in [1.165, 1.54) is 13.2 Å². The quantitative estimate of drug-likeness (QED) is 0.625. The number of carbonyl (C=O) groups excluding carboxylic acids is 1. The summed E-state index contributed by atoms with van der Waals surface area (Å²) in [7, 11) is 6.77. The average molecular weight is 473 g/mol. The minimum Gasteiger partial charge on any atom is -0.497 e. The molecule has 0 saturated carbocycles. The Balaban J connectivity index is 0.00000363. The molecule has 3 rings (SSSR count). The first-order chi connectivity index (χ1) is 14.7. The summed E-state index contributed by atoms with van der Waals surface area (Å²) in [5.41, 5.74) is 1.05. The highest BCUT2D eigenvalue weighted by Gasteiger charge is 2.39. The van der Waals surface area contributed by atoms with E-state index in [1.54, 1.807) is 24.1 Å². The monoisotopic (exact) mass is 472 g/mol. The Kier molecular flexibility index (Phi) is 8.56. The van der Waals surface area contributed by atoms with Gasteiger partial charge in [-0.2, -0.15) is 13.2 Å². The van der Waals surface area contributed by atoms with E-state index in [0.29, 0.717) is 30.1 Å². The maximum atomic E-state index is 13.5. The van der Waals surface area contributed by atoms with E-state index in [4.69, 9.17) is 9.47 Å². The van der Waals surface area contributed by atoms with Gasteiger partial charge in [0.15, 0.2) is 0 Å². The molecule has 0 bridgehead atoms. The second-order valence-corrected chi connectivity index (χ2v) is 7.87. The molecular formula is C23H28ClF3N2O3. The Morgan fingerprint density at radius 3 is 2.28 bits per heavy atom. The molecule has 0 aliphatic carbocycles. The van der Waals surface area contributed by atoms with Crippen LogP contribution in [0.5, 0.6) is 5.75 Å². The van der Waals surface area contributed by atoms with E-state index in [0.717, 1.165) is 17.7 Å². The summed E-state index contributed by atoms with van der Waals surface area (Å²) in [5.74, 6) is -0.0382. The Bertz CT molecular complexity index is 920. The van der Waals surface area contributed by atoms with Gasteiger partial charge in [-0.3, -0.25) is 4.79 Å². The zero-order valence-corrected chi connectivity index (χ0v) is 19.3. The van der Waals surface area contributed by atoms with Crippen LogP contribution in [-0.4, -0.2) is 58.3 Å². The van der Waals surface area contributed by atoms with Crippen molar-refractivity contribution in [2.75, 3.05) is 46.3 Å². The van der Waals surface area contributed by atoms with E-state index in [2.05, 4.69) is 0 Å². The number of benzene rings is 2. The van der Waals surface area contributed by atoms with E-state index in [1.807, 2.05) is 31.1 Å². The standard InChI is InChI=1S/C23H27F3N2O3.ClH/c1-27(2)11-12-28-20-10-7-17(23(24,25)26)13-16(20)14-19(21(31-4)22(28)29)15-5-8-18(30-3)9-6-15;/h5-10,13,19,21H,11-12,14H2,1-4H3;1H/t19-,21+;/m1./s1. The molecule has 0 N–H and O–H groups in total. The molecule has 1 aliphatic heterocycles. The number of halogens is 4. The third-order valence-electron chi connectivity index (χ3n) is 5.58. The first-order valence-corrected chi connectivity index (χ1v) is 9.98. The third-order valence-corrected chi connectivity index (χ3v) is 5.58. The van der Waals surface area contributed by atoms with Crippen molar-refractivity contribution in [2.24, 2.45) is 0 Å². The van der Waals surface area contributed by atoms with Crippen LogP contribution in [0.2, 0.25) is 0 Å². The van der Waals surface area contributed by atoms with E-state index in [-0.39, 0.29) is 24.7 Å². The van der Waals surface area contributed by atoms with Crippen molar-refractivity contribution >= 4 is 24.0 Å². The molecule has 0 aromatic heterocycles. The summed E-state index contributed by atoms with van der Waals surface area (Å²) in [6.45, 7) is 0.912. The number of methoxy groups -OCH3 is 2. The number of fused-ring (bicyclic) bond motifs is 1. The summed E-state index contributed by atoms with van der Waals surface area (Å²) >= 11 is 0. The maximum Gasteiger partial charge on any atom is 0.416 e. The molecule has 2 aromatic carbocycles. The van der Waals surface area contributed by atoms with Gasteiger partial charge in [-0.1, -0.05) is 12.1 Å². The number of anilines is 1. The fraction of sp³-hybridized carbons (Fsp3) is 0.435. The number of likely N-dealkylation sites (N-methyl/N-ethyl adjacent to an activating group) is 1. The number of rotatable bonds is 6. The van der Waals surface area contributed by atoms with Gasteiger partial charge in [0.05, 0.1) is 12.7 Å². The molecule has 0 unspecified atom stereocenters. The van der Waals surface area contributed by atoms with Crippen molar-refractivity contribution in [2.45, 2.75) is 24.6 Å². The van der Waals surface area contributed by atoms with Crippen LogP contribution in [0.4, 0.5) is 18.9 Å². The minimum atomic E-state index is -4.46. The van der Waals surface area contributed by atoms with Crippen molar-refractivity contribution in [1.29, 1.82) is 0 Å². The van der Waals surface area contributed by atoms with Gasteiger partial charge in [-0.05, 0) is 62.0 Å². The normalized spacial score (nSPS) is 18.8. The minimum absolute atomic E-state index is 0. The second-order valence-electron chi connectivity index (χ2n) is 7.87.